The molecule has 2 amide bonds. The average Bonchev–Trinajstić information content (AvgIpc) is 3.82. The molecule has 0 unspecified atom stereocenters. The highest BCUT2D eigenvalue weighted by atomic mass is 79.9. The van der Waals surface area contributed by atoms with E-state index < -0.39 is 58.0 Å². The standard InChI is InChI=1S/C53H50BrN5O7S2/c1-51(2,3)65-49(63)52(4,5)66-58-41(40-33-68-50(55-40)57-53(37-25-15-8-16-26-37,38-27-17-9-18-28-38)39-29-19-10-20-30-39)45(60)56-42-46(61)59-43(36(31-54)32-67-47(42)59)48(62)64-44(34-21-11-6-12-22-34)35-23-13-7-14-24-35/h6-30,33,42,44,47H,31-32H2,1-5H3,(H,55,57)(H,56,60)/b58-41-/t42-,47-/m1/s1. The van der Waals surface area contributed by atoms with Gasteiger partial charge in [0.25, 0.3) is 11.8 Å². The second-order valence-corrected chi connectivity index (χ2v) is 20.1. The van der Waals surface area contributed by atoms with Gasteiger partial charge < -0.3 is 24.9 Å². The fourth-order valence-electron chi connectivity index (χ4n) is 7.92. The number of nitrogens with one attached hydrogen (secondary N) is 2. The number of halogens is 1. The van der Waals surface area contributed by atoms with Crippen LogP contribution in [0.15, 0.2) is 173 Å². The molecule has 0 bridgehead atoms. The van der Waals surface area contributed by atoms with Crippen LogP contribution >= 0.6 is 39.0 Å². The maximum atomic E-state index is 14.7. The Hall–Kier alpha value is -6.55. The first kappa shape index (κ1) is 47.9. The molecule has 12 nitrogen and oxygen atoms in total. The van der Waals surface area contributed by atoms with Crippen LogP contribution in [0.5, 0.6) is 0 Å². The predicted molar refractivity (Wildman–Crippen MR) is 269 cm³/mol. The Labute approximate surface area is 412 Å². The summed E-state index contributed by atoms with van der Waals surface area (Å²) in [6.07, 6.45) is -0.742. The van der Waals surface area contributed by atoms with Crippen LogP contribution < -0.4 is 10.6 Å². The zero-order valence-corrected chi connectivity index (χ0v) is 41.3. The summed E-state index contributed by atoms with van der Waals surface area (Å²) in [6.45, 7) is 8.19. The molecule has 8 rings (SSSR count). The number of carbonyl (C=O) groups excluding carboxylic acids is 4. The van der Waals surface area contributed by atoms with Crippen molar-refractivity contribution in [2.45, 2.75) is 68.9 Å². The van der Waals surface area contributed by atoms with E-state index in [0.717, 1.165) is 27.8 Å². The number of hydrogen-bond acceptors (Lipinski definition) is 12. The van der Waals surface area contributed by atoms with Crippen LogP contribution in [-0.2, 0) is 39.0 Å². The summed E-state index contributed by atoms with van der Waals surface area (Å²) in [5.74, 6) is -2.27. The number of carbonyl (C=O) groups is 4. The highest BCUT2D eigenvalue weighted by Gasteiger charge is 2.55. The zero-order valence-electron chi connectivity index (χ0n) is 38.1. The molecule has 2 N–H and O–H groups in total. The lowest BCUT2D eigenvalue weighted by Crippen LogP contribution is -2.71. The summed E-state index contributed by atoms with van der Waals surface area (Å²) in [4.78, 5) is 68.7. The van der Waals surface area contributed by atoms with Gasteiger partial charge in [-0.05, 0) is 68.0 Å². The molecule has 0 radical (unpaired) electrons. The Balaban J connectivity index is 1.10. The van der Waals surface area contributed by atoms with Gasteiger partial charge in [0.2, 0.25) is 5.60 Å². The molecule has 1 aromatic heterocycles. The molecule has 2 aliphatic heterocycles. The van der Waals surface area contributed by atoms with Gasteiger partial charge in [-0.3, -0.25) is 14.5 Å². The summed E-state index contributed by atoms with van der Waals surface area (Å²) in [7, 11) is 0. The SMILES string of the molecule is CC(C)(C)OC(=O)C(C)(C)O/N=C(\C(=O)N[C@@H]1C(=O)N2C(C(=O)OC(c3ccccc3)c3ccccc3)=C(CBr)CS[C@H]12)c1csc(NC(c2ccccc2)(c2ccccc2)c2ccccc2)n1. The third-order valence-corrected chi connectivity index (χ3v) is 14.0. The first-order chi connectivity index (χ1) is 32.7. The monoisotopic (exact) mass is 1010 g/mol. The minimum atomic E-state index is -1.63. The molecule has 2 aliphatic rings. The summed E-state index contributed by atoms with van der Waals surface area (Å²) in [5, 5.41) is 12.7. The summed E-state index contributed by atoms with van der Waals surface area (Å²) < 4.78 is 11.9. The number of benzene rings is 5. The predicted octanol–water partition coefficient (Wildman–Crippen LogP) is 9.77. The van der Waals surface area contributed by atoms with E-state index in [1.807, 2.05) is 152 Å². The van der Waals surface area contributed by atoms with E-state index in [-0.39, 0.29) is 17.1 Å². The van der Waals surface area contributed by atoms with Gasteiger partial charge in [0.05, 0.1) is 0 Å². The summed E-state index contributed by atoms with van der Waals surface area (Å²) in [6, 6.07) is 47.8. The fourth-order valence-corrected chi connectivity index (χ4v) is 10.7. The van der Waals surface area contributed by atoms with Gasteiger partial charge in [0.1, 0.15) is 33.9 Å². The Bertz CT molecular complexity index is 2680. The van der Waals surface area contributed by atoms with Crippen molar-refractivity contribution in [1.82, 2.24) is 15.2 Å². The molecule has 68 heavy (non-hydrogen) atoms. The minimum absolute atomic E-state index is 0.122. The van der Waals surface area contributed by atoms with Crippen LogP contribution in [-0.4, -0.2) is 73.0 Å². The normalized spacial score (nSPS) is 16.4. The van der Waals surface area contributed by atoms with Gasteiger partial charge in [-0.2, -0.15) is 0 Å². The number of fused-ring (bicyclic) bond motifs is 1. The zero-order chi connectivity index (χ0) is 48.1. The molecule has 348 valence electrons. The van der Waals surface area contributed by atoms with Gasteiger partial charge in [-0.25, -0.2) is 14.6 Å². The van der Waals surface area contributed by atoms with E-state index in [0.29, 0.717) is 21.8 Å². The van der Waals surface area contributed by atoms with E-state index in [2.05, 4.69) is 31.7 Å². The van der Waals surface area contributed by atoms with Crippen molar-refractivity contribution in [2.24, 2.45) is 5.16 Å². The maximum Gasteiger partial charge on any atom is 0.356 e. The smallest absolute Gasteiger partial charge is 0.356 e. The Morgan fingerprint density at radius 2 is 1.28 bits per heavy atom. The number of alkyl halides is 1. The molecule has 15 heteroatoms. The van der Waals surface area contributed by atoms with Crippen molar-refractivity contribution in [3.05, 3.63) is 202 Å². The Kier molecular flexibility index (Phi) is 14.3. The Morgan fingerprint density at radius 3 is 1.76 bits per heavy atom. The number of ether oxygens (including phenoxy) is 2. The van der Waals surface area contributed by atoms with Crippen molar-refractivity contribution in [3.63, 3.8) is 0 Å². The third-order valence-electron chi connectivity index (χ3n) is 11.3. The number of nitrogens with zero attached hydrogens (tertiary/aromatic N) is 3. The number of esters is 2. The van der Waals surface area contributed by atoms with Gasteiger partial charge >= 0.3 is 11.9 Å². The average molecular weight is 1010 g/mol. The van der Waals surface area contributed by atoms with Crippen LogP contribution in [0.1, 0.15) is 74.2 Å². The number of β-lactam (4-membered cyclic amide) rings is 1. The molecule has 0 saturated carbocycles. The van der Waals surface area contributed by atoms with Crippen LogP contribution in [0, 0.1) is 0 Å². The number of aromatic nitrogens is 1. The molecular formula is C53H50BrN5O7S2. The number of rotatable bonds is 16. The highest BCUT2D eigenvalue weighted by molar-refractivity contribution is 9.09. The summed E-state index contributed by atoms with van der Waals surface area (Å²) >= 11 is 6.18. The number of hydrogen-bond donors (Lipinski definition) is 2. The number of thiazole rings is 1. The summed E-state index contributed by atoms with van der Waals surface area (Å²) in [5.41, 5.74) is 1.61. The second kappa shape index (κ2) is 20.4. The fraction of sp³-hybridized carbons (Fsp3) is 0.245. The van der Waals surface area contributed by atoms with E-state index >= 15 is 0 Å². The van der Waals surface area contributed by atoms with Crippen LogP contribution in [0.4, 0.5) is 5.13 Å². The van der Waals surface area contributed by atoms with Crippen LogP contribution in [0.25, 0.3) is 0 Å². The molecule has 5 aromatic carbocycles. The van der Waals surface area contributed by atoms with Crippen molar-refractivity contribution < 1.29 is 33.5 Å². The molecule has 1 fully saturated rings. The van der Waals surface area contributed by atoms with E-state index in [1.54, 1.807) is 26.2 Å². The van der Waals surface area contributed by atoms with Crippen LogP contribution in [0.2, 0.25) is 0 Å². The topological polar surface area (TPSA) is 149 Å². The van der Waals surface area contributed by atoms with E-state index in [4.69, 9.17) is 19.3 Å². The highest BCUT2D eigenvalue weighted by Crippen LogP contribution is 2.43. The van der Waals surface area contributed by atoms with Crippen molar-refractivity contribution in [3.8, 4) is 0 Å². The largest absolute Gasteiger partial charge is 0.457 e. The number of anilines is 1. The molecule has 3 heterocycles. The molecule has 0 aliphatic carbocycles. The van der Waals surface area contributed by atoms with Crippen molar-refractivity contribution >= 4 is 73.6 Å². The van der Waals surface area contributed by atoms with E-state index in [1.165, 1.54) is 41.8 Å². The second-order valence-electron chi connectivity index (χ2n) is 17.6. The quantitative estimate of drug-likeness (QED) is 0.0240. The number of thioether (sulfide) groups is 1. The number of oxime groups is 1. The van der Waals surface area contributed by atoms with E-state index in [9.17, 15) is 19.2 Å². The van der Waals surface area contributed by atoms with Gasteiger partial charge in [0.15, 0.2) is 16.9 Å². The minimum Gasteiger partial charge on any atom is -0.457 e. The first-order valence-corrected chi connectivity index (χ1v) is 25.0. The molecule has 0 spiro atoms. The first-order valence-electron chi connectivity index (χ1n) is 21.9. The van der Waals surface area contributed by atoms with Gasteiger partial charge in [-0.1, -0.05) is 173 Å². The lowest BCUT2D eigenvalue weighted by atomic mass is 9.77. The van der Waals surface area contributed by atoms with Gasteiger partial charge in [-0.15, -0.1) is 23.1 Å². The lowest BCUT2D eigenvalue weighted by molar-refractivity contribution is -0.179. The molecule has 6 aromatic rings. The third kappa shape index (κ3) is 10.2. The molecule has 2 atom stereocenters. The van der Waals surface area contributed by atoms with Crippen molar-refractivity contribution in [2.75, 3.05) is 16.4 Å². The number of amides is 2. The Morgan fingerprint density at radius 1 is 0.779 bits per heavy atom. The van der Waals surface area contributed by atoms with Gasteiger partial charge in [0, 0.05) is 16.5 Å². The van der Waals surface area contributed by atoms with Crippen LogP contribution in [0.3, 0.4) is 0 Å². The molecular weight excluding hydrogens is 963 g/mol. The maximum absolute atomic E-state index is 14.7. The molecule has 1 saturated heterocycles. The lowest BCUT2D eigenvalue weighted by Gasteiger charge is -2.49. The van der Waals surface area contributed by atoms with Crippen molar-refractivity contribution in [1.29, 1.82) is 0 Å².